The number of thioether (sulfide) groups is 1. The van der Waals surface area contributed by atoms with Crippen LogP contribution in [0, 0.1) is 5.92 Å². The van der Waals surface area contributed by atoms with Gasteiger partial charge in [-0.1, -0.05) is 43.8 Å². The highest BCUT2D eigenvalue weighted by Gasteiger charge is 2.21. The lowest BCUT2D eigenvalue weighted by Crippen LogP contribution is -2.25. The third kappa shape index (κ3) is 3.95. The van der Waals surface area contributed by atoms with E-state index in [4.69, 9.17) is 4.74 Å². The van der Waals surface area contributed by atoms with Crippen LogP contribution in [0.4, 0.5) is 0 Å². The standard InChI is InChI=1S/C14H20N2OS/c1-11(2)13-10-16-14(18-13)15-8-9-17-12-6-4-3-5-7-12/h3-7,11,13H,8-10H2,1-2H3,(H,15,16). The van der Waals surface area contributed by atoms with Crippen LogP contribution in [0.25, 0.3) is 0 Å². The third-order valence-corrected chi connectivity index (χ3v) is 4.30. The minimum absolute atomic E-state index is 0.627. The fraction of sp³-hybridized carbons (Fsp3) is 0.500. The number of nitrogens with one attached hydrogen (secondary N) is 1. The number of para-hydroxylation sites is 1. The first kappa shape index (κ1) is 13.3. The molecule has 1 aromatic rings. The highest BCUT2D eigenvalue weighted by atomic mass is 32.2. The van der Waals surface area contributed by atoms with E-state index in [2.05, 4.69) is 24.2 Å². The number of hydrogen-bond donors (Lipinski definition) is 1. The van der Waals surface area contributed by atoms with E-state index < -0.39 is 0 Å². The largest absolute Gasteiger partial charge is 0.492 e. The maximum absolute atomic E-state index is 5.61. The normalized spacial score (nSPS) is 18.8. The van der Waals surface area contributed by atoms with Crippen LogP contribution < -0.4 is 10.1 Å². The fourth-order valence-corrected chi connectivity index (χ4v) is 2.72. The van der Waals surface area contributed by atoms with Crippen molar-refractivity contribution in [1.29, 1.82) is 0 Å². The fourth-order valence-electron chi connectivity index (χ4n) is 1.68. The van der Waals surface area contributed by atoms with Crippen LogP contribution in [0.5, 0.6) is 5.75 Å². The van der Waals surface area contributed by atoms with Crippen molar-refractivity contribution in [2.45, 2.75) is 19.1 Å². The summed E-state index contributed by atoms with van der Waals surface area (Å²) in [7, 11) is 0. The number of amidine groups is 1. The molecule has 4 heteroatoms. The molecule has 2 rings (SSSR count). The molecule has 1 N–H and O–H groups in total. The molecular formula is C14H20N2OS. The molecular weight excluding hydrogens is 244 g/mol. The van der Waals surface area contributed by atoms with Gasteiger partial charge in [0.05, 0.1) is 13.1 Å². The lowest BCUT2D eigenvalue weighted by molar-refractivity contribution is 0.323. The van der Waals surface area contributed by atoms with Crippen LogP contribution in [-0.4, -0.2) is 30.1 Å². The van der Waals surface area contributed by atoms with Crippen LogP contribution in [0.15, 0.2) is 35.3 Å². The SMILES string of the molecule is CC(C)C1CN=C(NCCOc2ccccc2)S1. The number of rotatable bonds is 5. The van der Waals surface area contributed by atoms with Gasteiger partial charge in [-0.15, -0.1) is 0 Å². The zero-order chi connectivity index (χ0) is 12.8. The Balaban J connectivity index is 1.62. The summed E-state index contributed by atoms with van der Waals surface area (Å²) in [6.45, 7) is 6.88. The van der Waals surface area contributed by atoms with E-state index in [0.29, 0.717) is 17.8 Å². The van der Waals surface area contributed by atoms with Crippen LogP contribution in [0.3, 0.4) is 0 Å². The number of aliphatic imine (C=N–C) groups is 1. The van der Waals surface area contributed by atoms with Gasteiger partial charge in [0, 0.05) is 5.25 Å². The summed E-state index contributed by atoms with van der Waals surface area (Å²) in [6, 6.07) is 9.88. The molecule has 98 valence electrons. The molecule has 1 aromatic carbocycles. The van der Waals surface area contributed by atoms with Crippen LogP contribution in [0.1, 0.15) is 13.8 Å². The lowest BCUT2D eigenvalue weighted by Gasteiger charge is -2.12. The second kappa shape index (κ2) is 6.69. The minimum Gasteiger partial charge on any atom is -0.492 e. The number of benzene rings is 1. The molecule has 1 atom stereocenters. The van der Waals surface area contributed by atoms with Gasteiger partial charge in [-0.3, -0.25) is 4.99 Å². The average Bonchev–Trinajstić information content (AvgIpc) is 2.85. The molecule has 1 heterocycles. The monoisotopic (exact) mass is 264 g/mol. The molecule has 1 aliphatic heterocycles. The van der Waals surface area contributed by atoms with Crippen LogP contribution in [0.2, 0.25) is 0 Å². The maximum atomic E-state index is 5.61. The van der Waals surface area contributed by atoms with Gasteiger partial charge < -0.3 is 10.1 Å². The Kier molecular flexibility index (Phi) is 4.93. The molecule has 1 unspecified atom stereocenters. The van der Waals surface area contributed by atoms with E-state index >= 15 is 0 Å². The predicted octanol–water partition coefficient (Wildman–Crippen LogP) is 2.78. The van der Waals surface area contributed by atoms with E-state index in [1.807, 2.05) is 42.1 Å². The average molecular weight is 264 g/mol. The zero-order valence-corrected chi connectivity index (χ0v) is 11.7. The molecule has 0 amide bonds. The van der Waals surface area contributed by atoms with E-state index in [9.17, 15) is 0 Å². The number of ether oxygens (including phenoxy) is 1. The Morgan fingerprint density at radius 3 is 2.83 bits per heavy atom. The number of hydrogen-bond acceptors (Lipinski definition) is 4. The first-order chi connectivity index (χ1) is 8.75. The summed E-state index contributed by atoms with van der Waals surface area (Å²) >= 11 is 1.85. The second-order valence-electron chi connectivity index (χ2n) is 4.63. The second-order valence-corrected chi connectivity index (χ2v) is 5.86. The van der Waals surface area contributed by atoms with Crippen molar-refractivity contribution in [1.82, 2.24) is 5.32 Å². The molecule has 0 aromatic heterocycles. The van der Waals surface area contributed by atoms with Gasteiger partial charge in [-0.05, 0) is 18.1 Å². The third-order valence-electron chi connectivity index (χ3n) is 2.81. The van der Waals surface area contributed by atoms with Crippen molar-refractivity contribution < 1.29 is 4.74 Å². The molecule has 18 heavy (non-hydrogen) atoms. The van der Waals surface area contributed by atoms with Gasteiger partial charge in [0.1, 0.15) is 12.4 Å². The molecule has 0 bridgehead atoms. The van der Waals surface area contributed by atoms with Crippen molar-refractivity contribution >= 4 is 16.9 Å². The molecule has 0 spiro atoms. The molecule has 0 radical (unpaired) electrons. The Morgan fingerprint density at radius 1 is 1.39 bits per heavy atom. The lowest BCUT2D eigenvalue weighted by atomic mass is 10.1. The first-order valence-corrected chi connectivity index (χ1v) is 7.26. The smallest absolute Gasteiger partial charge is 0.157 e. The van der Waals surface area contributed by atoms with Crippen molar-refractivity contribution in [2.24, 2.45) is 10.9 Å². The van der Waals surface area contributed by atoms with Gasteiger partial charge in [0.15, 0.2) is 5.17 Å². The highest BCUT2D eigenvalue weighted by molar-refractivity contribution is 8.14. The summed E-state index contributed by atoms with van der Waals surface area (Å²) in [6.07, 6.45) is 0. The quantitative estimate of drug-likeness (QED) is 0.830. The summed E-state index contributed by atoms with van der Waals surface area (Å²) in [5.74, 6) is 1.60. The van der Waals surface area contributed by atoms with Gasteiger partial charge >= 0.3 is 0 Å². The van der Waals surface area contributed by atoms with E-state index in [1.54, 1.807) is 0 Å². The summed E-state index contributed by atoms with van der Waals surface area (Å²) < 4.78 is 5.61. The van der Waals surface area contributed by atoms with Crippen molar-refractivity contribution in [2.75, 3.05) is 19.7 Å². The molecule has 0 aliphatic carbocycles. The van der Waals surface area contributed by atoms with Gasteiger partial charge in [-0.25, -0.2) is 0 Å². The Labute approximate surface area is 113 Å². The predicted molar refractivity (Wildman–Crippen MR) is 78.5 cm³/mol. The Hall–Kier alpha value is -1.16. The van der Waals surface area contributed by atoms with E-state index in [-0.39, 0.29) is 0 Å². The van der Waals surface area contributed by atoms with Crippen molar-refractivity contribution in [3.63, 3.8) is 0 Å². The highest BCUT2D eigenvalue weighted by Crippen LogP contribution is 2.25. The number of nitrogens with zero attached hydrogens (tertiary/aromatic N) is 1. The molecule has 0 saturated carbocycles. The van der Waals surface area contributed by atoms with Crippen LogP contribution >= 0.6 is 11.8 Å². The van der Waals surface area contributed by atoms with Gasteiger partial charge in [0.2, 0.25) is 0 Å². The summed E-state index contributed by atoms with van der Waals surface area (Å²) in [4.78, 5) is 4.50. The van der Waals surface area contributed by atoms with E-state index in [0.717, 1.165) is 24.0 Å². The zero-order valence-electron chi connectivity index (χ0n) is 10.9. The first-order valence-electron chi connectivity index (χ1n) is 6.38. The molecule has 1 aliphatic rings. The molecule has 3 nitrogen and oxygen atoms in total. The molecule has 0 fully saturated rings. The van der Waals surface area contributed by atoms with Gasteiger partial charge in [0.25, 0.3) is 0 Å². The van der Waals surface area contributed by atoms with Crippen molar-refractivity contribution in [3.05, 3.63) is 30.3 Å². The maximum Gasteiger partial charge on any atom is 0.157 e. The van der Waals surface area contributed by atoms with Crippen LogP contribution in [-0.2, 0) is 0 Å². The van der Waals surface area contributed by atoms with E-state index in [1.165, 1.54) is 0 Å². The molecule has 0 saturated heterocycles. The minimum atomic E-state index is 0.627. The Bertz CT molecular complexity index is 392. The van der Waals surface area contributed by atoms with Gasteiger partial charge in [-0.2, -0.15) is 0 Å². The van der Waals surface area contributed by atoms with Crippen molar-refractivity contribution in [3.8, 4) is 5.75 Å². The Morgan fingerprint density at radius 2 is 2.17 bits per heavy atom. The summed E-state index contributed by atoms with van der Waals surface area (Å²) in [5.41, 5.74) is 0. The summed E-state index contributed by atoms with van der Waals surface area (Å²) in [5, 5.41) is 5.01. The topological polar surface area (TPSA) is 33.6 Å².